The lowest BCUT2D eigenvalue weighted by Crippen LogP contribution is -2.53. The molecule has 9 nitrogen and oxygen atoms in total. The Morgan fingerprint density at radius 3 is 2.15 bits per heavy atom. The van der Waals surface area contributed by atoms with Crippen molar-refractivity contribution >= 4 is 23.6 Å². The van der Waals surface area contributed by atoms with E-state index in [1.165, 1.54) is 17.0 Å². The van der Waals surface area contributed by atoms with Crippen molar-refractivity contribution in [2.45, 2.75) is 51.8 Å². The van der Waals surface area contributed by atoms with Crippen molar-refractivity contribution in [3.8, 4) is 5.75 Å². The number of rotatable bonds is 10. The second-order valence-corrected chi connectivity index (χ2v) is 10.4. The van der Waals surface area contributed by atoms with Gasteiger partial charge in [0, 0.05) is 18.7 Å². The lowest BCUT2D eigenvalue weighted by molar-refractivity contribution is -0.141. The summed E-state index contributed by atoms with van der Waals surface area (Å²) in [7, 11) is 0. The van der Waals surface area contributed by atoms with E-state index in [1.54, 1.807) is 45.0 Å². The molecule has 0 bridgehead atoms. The number of ether oxygens (including phenoxy) is 1. The Bertz CT molecular complexity index is 1290. The number of phenols is 1. The Hall–Kier alpha value is -4.37. The number of alkyl carbamates (subject to hydrolysis) is 1. The van der Waals surface area contributed by atoms with Crippen LogP contribution in [0.1, 0.15) is 43.5 Å². The third kappa shape index (κ3) is 8.57. The van der Waals surface area contributed by atoms with Gasteiger partial charge in [0.1, 0.15) is 23.4 Å². The van der Waals surface area contributed by atoms with Crippen LogP contribution >= 0.6 is 0 Å². The predicted octanol–water partition coefficient (Wildman–Crippen LogP) is 4.34. The Morgan fingerprint density at radius 2 is 1.55 bits per heavy atom. The summed E-state index contributed by atoms with van der Waals surface area (Å²) in [6, 6.07) is 20.0. The number of hydrogen-bond acceptors (Lipinski definition) is 6. The number of nitrogens with zero attached hydrogens (tertiary/aromatic N) is 1. The van der Waals surface area contributed by atoms with Crippen LogP contribution in [0.15, 0.2) is 78.9 Å². The van der Waals surface area contributed by atoms with E-state index in [0.717, 1.165) is 11.1 Å². The molecule has 0 radical (unpaired) electrons. The number of phenolic OH excluding ortho intramolecular Hbond substituents is 1. The number of carbonyl (C=O) groups is 3. The van der Waals surface area contributed by atoms with Gasteiger partial charge >= 0.3 is 6.09 Å². The summed E-state index contributed by atoms with van der Waals surface area (Å²) < 4.78 is 5.42. The van der Waals surface area contributed by atoms with Crippen LogP contribution in [0.2, 0.25) is 0 Å². The average Bonchev–Trinajstić information content (AvgIpc) is 2.89. The molecule has 2 atom stereocenters. The van der Waals surface area contributed by atoms with Crippen LogP contribution in [0.5, 0.6) is 5.75 Å². The van der Waals surface area contributed by atoms with Crippen LogP contribution in [-0.4, -0.2) is 57.8 Å². The van der Waals surface area contributed by atoms with E-state index in [1.807, 2.05) is 49.4 Å². The number of amides is 3. The maximum Gasteiger partial charge on any atom is 0.408 e. The molecule has 0 spiro atoms. The highest BCUT2D eigenvalue weighted by molar-refractivity contribution is 5.99. The molecule has 3 amide bonds. The van der Waals surface area contributed by atoms with Gasteiger partial charge in [0.2, 0.25) is 5.91 Å². The molecule has 0 saturated carbocycles. The number of aliphatic hydroxyl groups excluding tert-OH is 1. The molecule has 9 heteroatoms. The van der Waals surface area contributed by atoms with E-state index in [9.17, 15) is 24.6 Å². The molecule has 0 aliphatic heterocycles. The van der Waals surface area contributed by atoms with Crippen LogP contribution in [0.25, 0.3) is 0 Å². The van der Waals surface area contributed by atoms with E-state index in [2.05, 4.69) is 10.6 Å². The van der Waals surface area contributed by atoms with Crippen molar-refractivity contribution in [1.82, 2.24) is 10.2 Å². The molecule has 3 aromatic rings. The quantitative estimate of drug-likeness (QED) is 0.299. The highest BCUT2D eigenvalue weighted by Gasteiger charge is 2.36. The molecule has 0 aromatic heterocycles. The first-order valence-corrected chi connectivity index (χ1v) is 13.1. The molecule has 2 unspecified atom stereocenters. The molecule has 0 fully saturated rings. The molecule has 4 N–H and O–H groups in total. The molecule has 0 saturated heterocycles. The third-order valence-electron chi connectivity index (χ3n) is 6.07. The molecule has 0 aliphatic rings. The highest BCUT2D eigenvalue weighted by Crippen LogP contribution is 2.27. The Morgan fingerprint density at radius 1 is 0.925 bits per heavy atom. The van der Waals surface area contributed by atoms with Gasteiger partial charge in [0.15, 0.2) is 0 Å². The number of hydrogen-bond donors (Lipinski definition) is 4. The maximum absolute atomic E-state index is 14.2. The predicted molar refractivity (Wildman–Crippen MR) is 153 cm³/mol. The normalized spacial score (nSPS) is 12.6. The number of anilines is 1. The summed E-state index contributed by atoms with van der Waals surface area (Å²) >= 11 is 0. The van der Waals surface area contributed by atoms with Crippen LogP contribution in [-0.2, 0) is 20.7 Å². The number of para-hydroxylation sites is 1. The smallest absolute Gasteiger partial charge is 0.408 e. The van der Waals surface area contributed by atoms with Gasteiger partial charge < -0.3 is 30.5 Å². The first kappa shape index (κ1) is 30.2. The fraction of sp³-hybridized carbons (Fsp3) is 0.323. The van der Waals surface area contributed by atoms with Crippen LogP contribution in [0.4, 0.5) is 10.5 Å². The minimum absolute atomic E-state index is 0.00427. The van der Waals surface area contributed by atoms with Crippen LogP contribution in [0, 0.1) is 6.92 Å². The summed E-state index contributed by atoms with van der Waals surface area (Å²) in [4.78, 5) is 42.0. The van der Waals surface area contributed by atoms with Gasteiger partial charge in [-0.15, -0.1) is 0 Å². The monoisotopic (exact) mass is 547 g/mol. The van der Waals surface area contributed by atoms with Crippen molar-refractivity contribution < 1.29 is 29.3 Å². The summed E-state index contributed by atoms with van der Waals surface area (Å²) in [5.41, 5.74) is 1.80. The lowest BCUT2D eigenvalue weighted by atomic mass is 10.00. The number of benzene rings is 3. The Labute approximate surface area is 234 Å². The van der Waals surface area contributed by atoms with Gasteiger partial charge in [0.05, 0.1) is 6.61 Å². The second-order valence-electron chi connectivity index (χ2n) is 10.4. The summed E-state index contributed by atoms with van der Waals surface area (Å²) in [5.74, 6) is -1.10. The lowest BCUT2D eigenvalue weighted by Gasteiger charge is -2.34. The Balaban J connectivity index is 2.03. The first-order chi connectivity index (χ1) is 19.0. The fourth-order valence-corrected chi connectivity index (χ4v) is 4.22. The summed E-state index contributed by atoms with van der Waals surface area (Å²) in [6.07, 6.45) is -0.654. The molecular formula is C31H37N3O6. The number of nitrogens with one attached hydrogen (secondary N) is 2. The molecule has 0 heterocycles. The molecule has 212 valence electrons. The highest BCUT2D eigenvalue weighted by atomic mass is 16.6. The third-order valence-corrected chi connectivity index (χ3v) is 6.07. The topological polar surface area (TPSA) is 128 Å². The van der Waals surface area contributed by atoms with Crippen molar-refractivity contribution in [2.24, 2.45) is 0 Å². The van der Waals surface area contributed by atoms with Gasteiger partial charge in [-0.05, 0) is 62.6 Å². The maximum atomic E-state index is 14.2. The van der Waals surface area contributed by atoms with E-state index >= 15 is 0 Å². The zero-order chi connectivity index (χ0) is 29.3. The first-order valence-electron chi connectivity index (χ1n) is 13.1. The van der Waals surface area contributed by atoms with E-state index in [4.69, 9.17) is 4.74 Å². The second kappa shape index (κ2) is 13.6. The van der Waals surface area contributed by atoms with Gasteiger partial charge in [-0.3, -0.25) is 9.59 Å². The van der Waals surface area contributed by atoms with Gasteiger partial charge in [-0.1, -0.05) is 60.7 Å². The van der Waals surface area contributed by atoms with E-state index in [-0.39, 0.29) is 18.7 Å². The molecule has 40 heavy (non-hydrogen) atoms. The minimum atomic E-state index is -1.18. The van der Waals surface area contributed by atoms with Crippen molar-refractivity contribution in [3.63, 3.8) is 0 Å². The zero-order valence-electron chi connectivity index (χ0n) is 23.3. The van der Waals surface area contributed by atoms with Gasteiger partial charge in [-0.25, -0.2) is 4.79 Å². The minimum Gasteiger partial charge on any atom is -0.508 e. The molecular weight excluding hydrogens is 510 g/mol. The van der Waals surface area contributed by atoms with Gasteiger partial charge in [-0.2, -0.15) is 0 Å². The average molecular weight is 548 g/mol. The van der Waals surface area contributed by atoms with Crippen LogP contribution in [0.3, 0.4) is 0 Å². The number of aryl methyl sites for hydroxylation is 1. The standard InChI is InChI=1S/C31H37N3O6/c1-21-10-8-9-13-25(21)32-28(37)27(23-14-16-24(36)17-15-23)34(18-19-35)29(38)26(20-22-11-6-5-7-12-22)33-30(39)40-31(2,3)4/h5-17,26-27,35-36H,18-20H2,1-4H3,(H,32,37)(H,33,39). The van der Waals surface area contributed by atoms with Crippen LogP contribution < -0.4 is 10.6 Å². The van der Waals surface area contributed by atoms with E-state index < -0.39 is 42.2 Å². The van der Waals surface area contributed by atoms with Crippen molar-refractivity contribution in [1.29, 1.82) is 0 Å². The number of carbonyl (C=O) groups excluding carboxylic acids is 3. The van der Waals surface area contributed by atoms with Gasteiger partial charge in [0.25, 0.3) is 5.91 Å². The SMILES string of the molecule is Cc1ccccc1NC(=O)C(c1ccc(O)cc1)N(CCO)C(=O)C(Cc1ccccc1)NC(=O)OC(C)(C)C. The Kier molecular flexibility index (Phi) is 10.3. The molecule has 3 rings (SSSR count). The van der Waals surface area contributed by atoms with E-state index in [0.29, 0.717) is 11.3 Å². The summed E-state index contributed by atoms with van der Waals surface area (Å²) in [5, 5.41) is 25.4. The molecule has 0 aliphatic carbocycles. The molecule has 3 aromatic carbocycles. The number of aliphatic hydroxyl groups is 1. The largest absolute Gasteiger partial charge is 0.508 e. The number of aromatic hydroxyl groups is 1. The van der Waals surface area contributed by atoms with Crippen molar-refractivity contribution in [3.05, 3.63) is 95.6 Å². The zero-order valence-corrected chi connectivity index (χ0v) is 23.3. The van der Waals surface area contributed by atoms with Crippen molar-refractivity contribution in [2.75, 3.05) is 18.5 Å². The summed E-state index contributed by atoms with van der Waals surface area (Å²) in [6.45, 7) is 6.39. The fourth-order valence-electron chi connectivity index (χ4n) is 4.22.